The minimum Gasteiger partial charge on any atom is -0.451 e. The molecular formula is C18H23N7O3. The molecule has 0 N–H and O–H groups in total. The molecule has 0 saturated carbocycles. The number of likely N-dealkylation sites (N-methyl/N-ethyl adjacent to an activating group) is 1. The van der Waals surface area contributed by atoms with E-state index in [-0.39, 0.29) is 12.5 Å². The molecule has 0 aromatic carbocycles. The second kappa shape index (κ2) is 9.07. The second-order valence-corrected chi connectivity index (χ2v) is 6.40. The van der Waals surface area contributed by atoms with Gasteiger partial charge in [0, 0.05) is 58.0 Å². The lowest BCUT2D eigenvalue weighted by Crippen LogP contribution is -2.52. The van der Waals surface area contributed by atoms with Crippen molar-refractivity contribution in [2.45, 2.75) is 13.0 Å². The van der Waals surface area contributed by atoms with Gasteiger partial charge < -0.3 is 19.4 Å². The molecule has 2 aromatic heterocycles. The Morgan fingerprint density at radius 1 is 1.04 bits per heavy atom. The molecule has 3 heterocycles. The third-order valence-electron chi connectivity index (χ3n) is 4.34. The molecule has 1 saturated heterocycles. The third-order valence-corrected chi connectivity index (χ3v) is 4.34. The molecule has 1 unspecified atom stereocenters. The minimum absolute atomic E-state index is 0.0409. The van der Waals surface area contributed by atoms with Crippen molar-refractivity contribution in [3.05, 3.63) is 36.9 Å². The van der Waals surface area contributed by atoms with Gasteiger partial charge >= 0.3 is 5.97 Å². The lowest BCUT2D eigenvalue weighted by atomic mass is 10.2. The summed E-state index contributed by atoms with van der Waals surface area (Å²) in [6.07, 6.45) is 5.72. The van der Waals surface area contributed by atoms with Crippen LogP contribution in [0.2, 0.25) is 0 Å². The normalized spacial score (nSPS) is 15.1. The van der Waals surface area contributed by atoms with Crippen molar-refractivity contribution in [3.8, 4) is 0 Å². The summed E-state index contributed by atoms with van der Waals surface area (Å²) in [4.78, 5) is 46.6. The highest BCUT2D eigenvalue weighted by molar-refractivity contribution is 5.84. The van der Waals surface area contributed by atoms with E-state index in [9.17, 15) is 9.59 Å². The van der Waals surface area contributed by atoms with E-state index < -0.39 is 12.1 Å². The van der Waals surface area contributed by atoms with Crippen molar-refractivity contribution < 1.29 is 14.3 Å². The zero-order chi connectivity index (χ0) is 19.9. The zero-order valence-corrected chi connectivity index (χ0v) is 15.9. The van der Waals surface area contributed by atoms with Crippen LogP contribution in [0.3, 0.4) is 0 Å². The average Bonchev–Trinajstić information content (AvgIpc) is 2.74. The summed E-state index contributed by atoms with van der Waals surface area (Å²) in [6, 6.07) is 3.46. The van der Waals surface area contributed by atoms with E-state index in [1.54, 1.807) is 60.7 Å². The maximum atomic E-state index is 12.6. The molecule has 1 fully saturated rings. The van der Waals surface area contributed by atoms with Crippen LogP contribution < -0.4 is 9.80 Å². The molecule has 148 valence electrons. The Kier molecular flexibility index (Phi) is 6.30. The van der Waals surface area contributed by atoms with Gasteiger partial charge in [0.05, 0.1) is 0 Å². The predicted molar refractivity (Wildman–Crippen MR) is 102 cm³/mol. The van der Waals surface area contributed by atoms with Gasteiger partial charge in [-0.25, -0.2) is 19.9 Å². The largest absolute Gasteiger partial charge is 0.451 e. The van der Waals surface area contributed by atoms with Crippen molar-refractivity contribution in [1.82, 2.24) is 24.8 Å². The fraction of sp³-hybridized carbons (Fsp3) is 0.444. The fourth-order valence-electron chi connectivity index (χ4n) is 2.88. The molecule has 1 atom stereocenters. The Hall–Kier alpha value is -3.30. The topological polar surface area (TPSA) is 105 Å². The van der Waals surface area contributed by atoms with E-state index in [0.29, 0.717) is 38.1 Å². The highest BCUT2D eigenvalue weighted by Crippen LogP contribution is 2.11. The molecule has 28 heavy (non-hydrogen) atoms. The number of amides is 1. The van der Waals surface area contributed by atoms with Crippen molar-refractivity contribution in [3.63, 3.8) is 0 Å². The van der Waals surface area contributed by atoms with Gasteiger partial charge in [0.1, 0.15) is 6.54 Å². The summed E-state index contributed by atoms with van der Waals surface area (Å²) in [6.45, 7) is 3.86. The number of anilines is 2. The highest BCUT2D eigenvalue weighted by Gasteiger charge is 2.28. The summed E-state index contributed by atoms with van der Waals surface area (Å²) >= 11 is 0. The molecule has 0 spiro atoms. The van der Waals surface area contributed by atoms with E-state index in [1.165, 1.54) is 0 Å². The number of carbonyl (C=O) groups is 2. The third kappa shape index (κ3) is 4.90. The monoisotopic (exact) mass is 385 g/mol. The molecule has 0 aliphatic carbocycles. The van der Waals surface area contributed by atoms with Crippen LogP contribution in [-0.4, -0.2) is 82.6 Å². The molecule has 10 heteroatoms. The van der Waals surface area contributed by atoms with Crippen LogP contribution >= 0.6 is 0 Å². The highest BCUT2D eigenvalue weighted by atomic mass is 16.5. The Morgan fingerprint density at radius 2 is 1.61 bits per heavy atom. The van der Waals surface area contributed by atoms with Crippen LogP contribution in [0.15, 0.2) is 36.9 Å². The predicted octanol–water partition coefficient (Wildman–Crippen LogP) is -0.0167. The first kappa shape index (κ1) is 19.5. The average molecular weight is 385 g/mol. The molecule has 0 radical (unpaired) electrons. The van der Waals surface area contributed by atoms with Gasteiger partial charge in [-0.2, -0.15) is 0 Å². The number of hydrogen-bond acceptors (Lipinski definition) is 9. The summed E-state index contributed by atoms with van der Waals surface area (Å²) in [5, 5.41) is 0. The van der Waals surface area contributed by atoms with Crippen LogP contribution in [0, 0.1) is 0 Å². The molecular weight excluding hydrogens is 362 g/mol. The van der Waals surface area contributed by atoms with Gasteiger partial charge in [-0.05, 0) is 19.1 Å². The number of ether oxygens (including phenoxy) is 1. The number of rotatable bonds is 6. The zero-order valence-electron chi connectivity index (χ0n) is 15.9. The fourth-order valence-corrected chi connectivity index (χ4v) is 2.88. The van der Waals surface area contributed by atoms with Gasteiger partial charge in [0.15, 0.2) is 6.10 Å². The second-order valence-electron chi connectivity index (χ2n) is 6.40. The number of carbonyl (C=O) groups excluding carboxylic acids is 2. The lowest BCUT2D eigenvalue weighted by molar-refractivity contribution is -0.158. The van der Waals surface area contributed by atoms with Crippen molar-refractivity contribution in [1.29, 1.82) is 0 Å². The number of esters is 1. The smallest absolute Gasteiger partial charge is 0.326 e. The molecule has 1 aliphatic rings. The Morgan fingerprint density at radius 3 is 2.21 bits per heavy atom. The first-order chi connectivity index (χ1) is 13.5. The maximum Gasteiger partial charge on any atom is 0.326 e. The van der Waals surface area contributed by atoms with Gasteiger partial charge in [-0.3, -0.25) is 9.59 Å². The Labute approximate surface area is 163 Å². The minimum atomic E-state index is -0.850. The van der Waals surface area contributed by atoms with Crippen molar-refractivity contribution in [2.24, 2.45) is 0 Å². The number of aromatic nitrogens is 4. The first-order valence-corrected chi connectivity index (χ1v) is 9.03. The summed E-state index contributed by atoms with van der Waals surface area (Å²) in [7, 11) is 1.69. The summed E-state index contributed by atoms with van der Waals surface area (Å²) in [5.41, 5.74) is 0. The standard InChI is InChI=1S/C18H23N7O3/c1-14(28-15(26)13-23(2)17-19-5-3-6-20-17)16(27)24-9-11-25(12-10-24)18-21-7-4-8-22-18/h3-8,14H,9-13H2,1-2H3. The van der Waals surface area contributed by atoms with Gasteiger partial charge in [0.2, 0.25) is 11.9 Å². The van der Waals surface area contributed by atoms with Crippen molar-refractivity contribution >= 4 is 23.8 Å². The van der Waals surface area contributed by atoms with Crippen LogP contribution in [0.5, 0.6) is 0 Å². The van der Waals surface area contributed by atoms with Crippen LogP contribution in [0.25, 0.3) is 0 Å². The number of nitrogens with zero attached hydrogens (tertiary/aromatic N) is 7. The SMILES string of the molecule is CC(OC(=O)CN(C)c1ncccn1)C(=O)N1CCN(c2ncccn2)CC1. The quantitative estimate of drug-likeness (QED) is 0.635. The molecule has 10 nitrogen and oxygen atoms in total. The van der Waals surface area contributed by atoms with Gasteiger partial charge in [-0.15, -0.1) is 0 Å². The van der Waals surface area contributed by atoms with Crippen molar-refractivity contribution in [2.75, 3.05) is 49.6 Å². The Bertz CT molecular complexity index is 782. The molecule has 1 amide bonds. The molecule has 0 bridgehead atoms. The number of hydrogen-bond donors (Lipinski definition) is 0. The Balaban J connectivity index is 1.46. The van der Waals surface area contributed by atoms with E-state index in [1.807, 2.05) is 4.90 Å². The lowest BCUT2D eigenvalue weighted by Gasteiger charge is -2.35. The maximum absolute atomic E-state index is 12.6. The van der Waals surface area contributed by atoms with E-state index in [0.717, 1.165) is 0 Å². The van der Waals surface area contributed by atoms with Gasteiger partial charge in [0.25, 0.3) is 5.91 Å². The molecule has 3 rings (SSSR count). The van der Waals surface area contributed by atoms with Crippen LogP contribution in [-0.2, 0) is 14.3 Å². The van der Waals surface area contributed by atoms with E-state index in [4.69, 9.17) is 4.74 Å². The number of piperazine rings is 1. The molecule has 1 aliphatic heterocycles. The summed E-state index contributed by atoms with van der Waals surface area (Å²) in [5.74, 6) is 0.352. The van der Waals surface area contributed by atoms with Crippen LogP contribution in [0.1, 0.15) is 6.92 Å². The van der Waals surface area contributed by atoms with Crippen LogP contribution in [0.4, 0.5) is 11.9 Å². The molecule has 2 aromatic rings. The summed E-state index contributed by atoms with van der Waals surface area (Å²) < 4.78 is 5.30. The van der Waals surface area contributed by atoms with E-state index in [2.05, 4.69) is 19.9 Å². The van der Waals surface area contributed by atoms with E-state index >= 15 is 0 Å². The first-order valence-electron chi connectivity index (χ1n) is 9.03. The van der Waals surface area contributed by atoms with Gasteiger partial charge in [-0.1, -0.05) is 0 Å².